The quantitative estimate of drug-likeness (QED) is 0.579. The highest BCUT2D eigenvalue weighted by molar-refractivity contribution is 4.66. The molecule has 0 rings (SSSR count). The van der Waals surface area contributed by atoms with Crippen LogP contribution in [0.25, 0.3) is 0 Å². The first kappa shape index (κ1) is 7.70. The number of rotatable bonds is 4. The van der Waals surface area contributed by atoms with Gasteiger partial charge in [-0.3, -0.25) is 0 Å². The van der Waals surface area contributed by atoms with Crippen LogP contribution in [0.15, 0.2) is 6.08 Å². The highest BCUT2D eigenvalue weighted by Crippen LogP contribution is 1.93. The molecule has 1 nitrogen and oxygen atoms in total. The Morgan fingerprint density at radius 1 is 1.75 bits per heavy atom. The smallest absolute Gasteiger partial charge is 0.00386 e. The highest BCUT2D eigenvalue weighted by atomic mass is 14.8. The molecule has 1 N–H and O–H groups in total. The maximum absolute atomic E-state index is 5.18. The van der Waals surface area contributed by atoms with Crippen molar-refractivity contribution in [1.29, 1.82) is 0 Å². The first-order valence-corrected chi connectivity index (χ1v) is 3.02. The summed E-state index contributed by atoms with van der Waals surface area (Å²) in [7, 11) is 1.96. The van der Waals surface area contributed by atoms with Gasteiger partial charge in [0.05, 0.1) is 0 Å². The van der Waals surface area contributed by atoms with E-state index < -0.39 is 0 Å². The van der Waals surface area contributed by atoms with Gasteiger partial charge in [-0.2, -0.15) is 0 Å². The molecule has 0 aromatic rings. The van der Waals surface area contributed by atoms with Crippen molar-refractivity contribution < 1.29 is 0 Å². The Kier molecular flexibility index (Phi) is 4.67. The molecule has 0 bridgehead atoms. The summed E-state index contributed by atoms with van der Waals surface area (Å²) in [4.78, 5) is 0. The Morgan fingerprint density at radius 2 is 2.38 bits per heavy atom. The van der Waals surface area contributed by atoms with Gasteiger partial charge in [0.15, 0.2) is 0 Å². The maximum atomic E-state index is 5.18. The van der Waals surface area contributed by atoms with Gasteiger partial charge in [-0.15, -0.1) is 0 Å². The molecule has 0 fully saturated rings. The van der Waals surface area contributed by atoms with E-state index in [1.165, 1.54) is 0 Å². The zero-order chi connectivity index (χ0) is 6.41. The van der Waals surface area contributed by atoms with Crippen LogP contribution in [0.2, 0.25) is 0 Å². The summed E-state index contributed by atoms with van der Waals surface area (Å²) in [6.07, 6.45) is 3.84. The van der Waals surface area contributed by atoms with E-state index in [4.69, 9.17) is 6.58 Å². The molecule has 8 heavy (non-hydrogen) atoms. The summed E-state index contributed by atoms with van der Waals surface area (Å²) in [6.45, 7) is 7.32. The van der Waals surface area contributed by atoms with Gasteiger partial charge in [-0.05, 0) is 26.8 Å². The monoisotopic (exact) mass is 112 g/mol. The summed E-state index contributed by atoms with van der Waals surface area (Å²) in [5.74, 6) is 0. The Balaban J connectivity index is 2.97. The molecule has 1 heteroatoms. The van der Waals surface area contributed by atoms with Crippen molar-refractivity contribution in [2.45, 2.75) is 25.8 Å². The van der Waals surface area contributed by atoms with Crippen molar-refractivity contribution in [3.8, 4) is 0 Å². The fraction of sp³-hybridized carbons (Fsp3) is 0.714. The summed E-state index contributed by atoms with van der Waals surface area (Å²) in [5.41, 5.74) is 0. The van der Waals surface area contributed by atoms with E-state index in [0.29, 0.717) is 6.04 Å². The van der Waals surface area contributed by atoms with Crippen LogP contribution in [0.1, 0.15) is 19.8 Å². The molecule has 0 spiro atoms. The van der Waals surface area contributed by atoms with Crippen LogP contribution < -0.4 is 5.32 Å². The molecule has 1 unspecified atom stereocenters. The highest BCUT2D eigenvalue weighted by Gasteiger charge is 1.92. The molecule has 1 radical (unpaired) electrons. The first-order valence-electron chi connectivity index (χ1n) is 3.02. The van der Waals surface area contributed by atoms with E-state index in [-0.39, 0.29) is 0 Å². The van der Waals surface area contributed by atoms with Gasteiger partial charge in [0.25, 0.3) is 0 Å². The average molecular weight is 112 g/mol. The number of hydrogen-bond acceptors (Lipinski definition) is 1. The van der Waals surface area contributed by atoms with Crippen molar-refractivity contribution in [2.75, 3.05) is 7.05 Å². The largest absolute Gasteiger partial charge is 0.317 e. The Morgan fingerprint density at radius 3 is 2.75 bits per heavy atom. The van der Waals surface area contributed by atoms with Crippen LogP contribution in [-0.2, 0) is 0 Å². The topological polar surface area (TPSA) is 12.0 Å². The fourth-order valence-electron chi connectivity index (χ4n) is 0.491. The molecule has 0 aliphatic carbocycles. The van der Waals surface area contributed by atoms with Crippen molar-refractivity contribution in [3.63, 3.8) is 0 Å². The predicted octanol–water partition coefficient (Wildman–Crippen LogP) is 1.36. The van der Waals surface area contributed by atoms with Crippen LogP contribution in [-0.4, -0.2) is 13.1 Å². The lowest BCUT2D eigenvalue weighted by molar-refractivity contribution is 0.571. The van der Waals surface area contributed by atoms with Gasteiger partial charge in [0.2, 0.25) is 0 Å². The molecular weight excluding hydrogens is 98.1 g/mol. The molecule has 1 atom stereocenters. The van der Waals surface area contributed by atoms with Gasteiger partial charge in [-0.1, -0.05) is 12.7 Å². The lowest BCUT2D eigenvalue weighted by atomic mass is 10.2. The molecule has 0 aliphatic rings. The molecule has 0 aromatic heterocycles. The minimum absolute atomic E-state index is 0.592. The van der Waals surface area contributed by atoms with E-state index in [1.54, 1.807) is 6.08 Å². The van der Waals surface area contributed by atoms with Crippen molar-refractivity contribution in [2.24, 2.45) is 0 Å². The summed E-state index contributed by atoms with van der Waals surface area (Å²) >= 11 is 0. The predicted molar refractivity (Wildman–Crippen MR) is 36.6 cm³/mol. The van der Waals surface area contributed by atoms with E-state index in [2.05, 4.69) is 12.2 Å². The molecule has 0 saturated heterocycles. The average Bonchev–Trinajstić information content (AvgIpc) is 1.83. The second-order valence-corrected chi connectivity index (χ2v) is 2.00. The van der Waals surface area contributed by atoms with Crippen LogP contribution >= 0.6 is 0 Å². The number of hydrogen-bond donors (Lipinski definition) is 1. The third-order valence-corrected chi connectivity index (χ3v) is 1.26. The summed E-state index contributed by atoms with van der Waals surface area (Å²) < 4.78 is 0. The molecule has 0 aromatic carbocycles. The van der Waals surface area contributed by atoms with E-state index in [1.807, 2.05) is 7.05 Å². The fourth-order valence-corrected chi connectivity index (χ4v) is 0.491. The molecular formula is C7H14N. The molecule has 0 heterocycles. The second-order valence-electron chi connectivity index (χ2n) is 2.00. The maximum Gasteiger partial charge on any atom is 0.00386 e. The van der Waals surface area contributed by atoms with Crippen LogP contribution in [0, 0.1) is 6.58 Å². The molecule has 0 aliphatic heterocycles. The van der Waals surface area contributed by atoms with Gasteiger partial charge < -0.3 is 5.32 Å². The Hall–Kier alpha value is -0.300. The summed E-state index contributed by atoms with van der Waals surface area (Å²) in [5, 5.41) is 3.12. The van der Waals surface area contributed by atoms with Crippen molar-refractivity contribution in [1.82, 2.24) is 5.32 Å². The standard InChI is InChI=1S/C7H14N/c1-4-5-6-7(2)8-3/h1,4,7-8H,5-6H2,2-3H3. The molecule has 0 saturated carbocycles. The van der Waals surface area contributed by atoms with Crippen LogP contribution in [0.3, 0.4) is 0 Å². The number of allylic oxidation sites excluding steroid dienone is 1. The minimum Gasteiger partial charge on any atom is -0.317 e. The third-order valence-electron chi connectivity index (χ3n) is 1.26. The van der Waals surface area contributed by atoms with Crippen LogP contribution in [0.5, 0.6) is 0 Å². The SMILES string of the molecule is [CH]=CCCC(C)NC. The Bertz CT molecular complexity index is 59.4. The minimum atomic E-state index is 0.592. The van der Waals surface area contributed by atoms with Gasteiger partial charge >= 0.3 is 0 Å². The zero-order valence-electron chi connectivity index (χ0n) is 5.65. The lowest BCUT2D eigenvalue weighted by Gasteiger charge is -2.05. The molecule has 47 valence electrons. The summed E-state index contributed by atoms with van der Waals surface area (Å²) in [6, 6.07) is 0.592. The second kappa shape index (κ2) is 4.85. The first-order chi connectivity index (χ1) is 3.81. The van der Waals surface area contributed by atoms with Gasteiger partial charge in [0.1, 0.15) is 0 Å². The van der Waals surface area contributed by atoms with E-state index >= 15 is 0 Å². The molecule has 0 amide bonds. The van der Waals surface area contributed by atoms with Crippen molar-refractivity contribution >= 4 is 0 Å². The lowest BCUT2D eigenvalue weighted by Crippen LogP contribution is -2.20. The normalized spacial score (nSPS) is 13.2. The Labute approximate surface area is 51.8 Å². The number of nitrogens with one attached hydrogen (secondary N) is 1. The van der Waals surface area contributed by atoms with Gasteiger partial charge in [0, 0.05) is 6.04 Å². The van der Waals surface area contributed by atoms with Crippen LogP contribution in [0.4, 0.5) is 0 Å². The zero-order valence-corrected chi connectivity index (χ0v) is 5.65. The third kappa shape index (κ3) is 3.88. The van der Waals surface area contributed by atoms with Gasteiger partial charge in [-0.25, -0.2) is 0 Å². The van der Waals surface area contributed by atoms with E-state index in [0.717, 1.165) is 12.8 Å². The van der Waals surface area contributed by atoms with Crippen molar-refractivity contribution in [3.05, 3.63) is 12.7 Å². The van der Waals surface area contributed by atoms with E-state index in [9.17, 15) is 0 Å².